The zero-order valence-electron chi connectivity index (χ0n) is 13.5. The zero-order chi connectivity index (χ0) is 17.0. The van der Waals surface area contributed by atoms with Crippen molar-refractivity contribution >= 4 is 22.7 Å². The summed E-state index contributed by atoms with van der Waals surface area (Å²) in [6, 6.07) is 8.39. The van der Waals surface area contributed by atoms with E-state index in [9.17, 15) is 4.39 Å². The van der Waals surface area contributed by atoms with Gasteiger partial charge in [-0.3, -0.25) is 5.84 Å². The first kappa shape index (κ1) is 16.7. The van der Waals surface area contributed by atoms with Crippen molar-refractivity contribution in [1.82, 2.24) is 0 Å². The Labute approximate surface area is 136 Å². The van der Waals surface area contributed by atoms with Crippen LogP contribution in [0.4, 0.5) is 27.1 Å². The van der Waals surface area contributed by atoms with Crippen LogP contribution in [0.5, 0.6) is 0 Å². The molecule has 120 valence electrons. The first-order valence-corrected chi connectivity index (χ1v) is 7.35. The summed E-state index contributed by atoms with van der Waals surface area (Å²) in [5, 5.41) is 3.24. The van der Waals surface area contributed by atoms with E-state index in [4.69, 9.17) is 11.6 Å². The predicted octanol–water partition coefficient (Wildman–Crippen LogP) is 3.75. The van der Waals surface area contributed by atoms with E-state index in [0.29, 0.717) is 16.9 Å². The summed E-state index contributed by atoms with van der Waals surface area (Å²) < 4.78 is 13.4. The quantitative estimate of drug-likeness (QED) is 0.301. The molecule has 0 bridgehead atoms. The standard InChI is InChI=1S/C18H21FN4/c1-11(2)4-5-13-9-18(23-21)16(20)10-17(13)22-14-6-7-15(19)12(3)8-14/h6-11,22-23H,20-21H2,1-3H3. The van der Waals surface area contributed by atoms with Gasteiger partial charge < -0.3 is 16.5 Å². The minimum absolute atomic E-state index is 0.238. The number of anilines is 4. The topological polar surface area (TPSA) is 76.1 Å². The number of benzene rings is 2. The number of hydrazine groups is 1. The van der Waals surface area contributed by atoms with Crippen molar-refractivity contribution in [2.24, 2.45) is 11.8 Å². The SMILES string of the molecule is Cc1cc(Nc2cc(N)c(NN)cc2C#CC(C)C)ccc1F. The van der Waals surface area contributed by atoms with Crippen molar-refractivity contribution in [2.75, 3.05) is 16.5 Å². The van der Waals surface area contributed by atoms with Crippen LogP contribution in [0, 0.1) is 30.5 Å². The highest BCUT2D eigenvalue weighted by Gasteiger charge is 2.08. The molecule has 0 aliphatic heterocycles. The summed E-state index contributed by atoms with van der Waals surface area (Å²) in [6.45, 7) is 5.75. The highest BCUT2D eigenvalue weighted by atomic mass is 19.1. The molecule has 0 unspecified atom stereocenters. The number of nitrogen functional groups attached to an aromatic ring is 2. The van der Waals surface area contributed by atoms with E-state index in [1.54, 1.807) is 31.2 Å². The summed E-state index contributed by atoms with van der Waals surface area (Å²) in [4.78, 5) is 0. The molecule has 0 saturated heterocycles. The summed E-state index contributed by atoms with van der Waals surface area (Å²) >= 11 is 0. The lowest BCUT2D eigenvalue weighted by atomic mass is 10.1. The van der Waals surface area contributed by atoms with Crippen molar-refractivity contribution in [3.63, 3.8) is 0 Å². The minimum atomic E-state index is -0.238. The van der Waals surface area contributed by atoms with Crippen LogP contribution < -0.4 is 22.3 Å². The normalized spacial score (nSPS) is 10.2. The van der Waals surface area contributed by atoms with Crippen LogP contribution in [0.1, 0.15) is 25.0 Å². The fourth-order valence-electron chi connectivity index (χ4n) is 2.05. The van der Waals surface area contributed by atoms with Gasteiger partial charge in [-0.2, -0.15) is 0 Å². The van der Waals surface area contributed by atoms with Gasteiger partial charge in [0.05, 0.1) is 22.6 Å². The number of nitrogens with two attached hydrogens (primary N) is 2. The van der Waals surface area contributed by atoms with Gasteiger partial charge >= 0.3 is 0 Å². The van der Waals surface area contributed by atoms with Crippen LogP contribution in [-0.2, 0) is 0 Å². The van der Waals surface area contributed by atoms with Gasteiger partial charge in [0.2, 0.25) is 0 Å². The van der Waals surface area contributed by atoms with E-state index in [1.165, 1.54) is 6.07 Å². The molecule has 4 nitrogen and oxygen atoms in total. The van der Waals surface area contributed by atoms with E-state index in [1.807, 2.05) is 13.8 Å². The highest BCUT2D eigenvalue weighted by molar-refractivity contribution is 5.79. The van der Waals surface area contributed by atoms with Crippen molar-refractivity contribution < 1.29 is 4.39 Å². The Morgan fingerprint density at radius 1 is 1.13 bits per heavy atom. The minimum Gasteiger partial charge on any atom is -0.397 e. The molecule has 0 amide bonds. The van der Waals surface area contributed by atoms with Gasteiger partial charge in [-0.1, -0.05) is 25.7 Å². The van der Waals surface area contributed by atoms with Crippen molar-refractivity contribution in [1.29, 1.82) is 0 Å². The van der Waals surface area contributed by atoms with Gasteiger partial charge in [0.25, 0.3) is 0 Å². The Morgan fingerprint density at radius 3 is 2.48 bits per heavy atom. The van der Waals surface area contributed by atoms with Crippen molar-refractivity contribution in [3.8, 4) is 11.8 Å². The van der Waals surface area contributed by atoms with Gasteiger partial charge in [0, 0.05) is 11.6 Å². The molecule has 0 aromatic heterocycles. The van der Waals surface area contributed by atoms with Crippen LogP contribution in [0.25, 0.3) is 0 Å². The molecule has 0 heterocycles. The van der Waals surface area contributed by atoms with Crippen molar-refractivity contribution in [3.05, 3.63) is 47.3 Å². The molecule has 0 fully saturated rings. The molecule has 0 aliphatic carbocycles. The van der Waals surface area contributed by atoms with Gasteiger partial charge in [-0.25, -0.2) is 4.39 Å². The molecular formula is C18H21FN4. The van der Waals surface area contributed by atoms with Crippen LogP contribution in [0.2, 0.25) is 0 Å². The van der Waals surface area contributed by atoms with Crippen LogP contribution >= 0.6 is 0 Å². The lowest BCUT2D eigenvalue weighted by molar-refractivity contribution is 0.619. The van der Waals surface area contributed by atoms with E-state index < -0.39 is 0 Å². The Balaban J connectivity index is 2.45. The molecule has 5 heteroatoms. The number of rotatable bonds is 3. The molecule has 0 atom stereocenters. The van der Waals surface area contributed by atoms with Crippen molar-refractivity contribution in [2.45, 2.75) is 20.8 Å². The van der Waals surface area contributed by atoms with E-state index >= 15 is 0 Å². The number of hydrogen-bond acceptors (Lipinski definition) is 4. The second-order valence-electron chi connectivity index (χ2n) is 5.64. The third-order valence-corrected chi connectivity index (χ3v) is 3.28. The van der Waals surface area contributed by atoms with Gasteiger partial charge in [0.15, 0.2) is 0 Å². The maximum absolute atomic E-state index is 13.4. The van der Waals surface area contributed by atoms with Gasteiger partial charge in [-0.15, -0.1) is 0 Å². The first-order chi connectivity index (χ1) is 10.9. The molecule has 2 aromatic rings. The maximum Gasteiger partial charge on any atom is 0.126 e. The lowest BCUT2D eigenvalue weighted by Crippen LogP contribution is -2.10. The van der Waals surface area contributed by atoms with Gasteiger partial charge in [0.1, 0.15) is 5.82 Å². The van der Waals surface area contributed by atoms with E-state index in [2.05, 4.69) is 22.6 Å². The Kier molecular flexibility index (Phi) is 5.09. The summed E-state index contributed by atoms with van der Waals surface area (Å²) in [7, 11) is 0. The second-order valence-corrected chi connectivity index (χ2v) is 5.64. The Morgan fingerprint density at radius 2 is 1.87 bits per heavy atom. The third-order valence-electron chi connectivity index (χ3n) is 3.28. The molecule has 2 aromatic carbocycles. The van der Waals surface area contributed by atoms with E-state index in [0.717, 1.165) is 16.9 Å². The monoisotopic (exact) mass is 312 g/mol. The molecule has 0 saturated carbocycles. The average molecular weight is 312 g/mol. The number of nitrogens with one attached hydrogen (secondary N) is 2. The Bertz CT molecular complexity index is 773. The molecular weight excluding hydrogens is 291 g/mol. The average Bonchev–Trinajstić information content (AvgIpc) is 2.50. The first-order valence-electron chi connectivity index (χ1n) is 7.35. The predicted molar refractivity (Wildman–Crippen MR) is 94.8 cm³/mol. The largest absolute Gasteiger partial charge is 0.397 e. The number of hydrogen-bond donors (Lipinski definition) is 4. The molecule has 23 heavy (non-hydrogen) atoms. The fourth-order valence-corrected chi connectivity index (χ4v) is 2.05. The van der Waals surface area contributed by atoms with Crippen LogP contribution in [0.15, 0.2) is 30.3 Å². The highest BCUT2D eigenvalue weighted by Crippen LogP contribution is 2.29. The third kappa shape index (κ3) is 4.15. The lowest BCUT2D eigenvalue weighted by Gasteiger charge is -2.13. The van der Waals surface area contributed by atoms with Crippen LogP contribution in [-0.4, -0.2) is 0 Å². The molecule has 0 aliphatic rings. The molecule has 6 N–H and O–H groups in total. The maximum atomic E-state index is 13.4. The molecule has 0 radical (unpaired) electrons. The summed E-state index contributed by atoms with van der Waals surface area (Å²) in [5.41, 5.74) is 12.5. The summed E-state index contributed by atoms with van der Waals surface area (Å²) in [6.07, 6.45) is 0. The Hall–Kier alpha value is -2.71. The number of aryl methyl sites for hydroxylation is 1. The summed E-state index contributed by atoms with van der Waals surface area (Å²) in [5.74, 6) is 11.7. The van der Waals surface area contributed by atoms with Crippen LogP contribution in [0.3, 0.4) is 0 Å². The molecule has 0 spiro atoms. The number of halogens is 1. The smallest absolute Gasteiger partial charge is 0.126 e. The van der Waals surface area contributed by atoms with E-state index in [-0.39, 0.29) is 11.7 Å². The molecule has 2 rings (SSSR count). The second kappa shape index (κ2) is 7.03. The fraction of sp³-hybridized carbons (Fsp3) is 0.222. The zero-order valence-corrected chi connectivity index (χ0v) is 13.5. The van der Waals surface area contributed by atoms with Gasteiger partial charge in [-0.05, 0) is 42.8 Å².